The molecule has 0 aliphatic rings. The summed E-state index contributed by atoms with van der Waals surface area (Å²) in [6.07, 6.45) is 3.44. The SMILES string of the molecule is CN(Cc1csc(Br)c1)c1cncc(CN)n1. The Labute approximate surface area is 113 Å². The average Bonchev–Trinajstić information content (AvgIpc) is 2.75. The highest BCUT2D eigenvalue weighted by molar-refractivity contribution is 9.11. The fourth-order valence-corrected chi connectivity index (χ4v) is 2.66. The lowest BCUT2D eigenvalue weighted by Gasteiger charge is -2.17. The first-order valence-corrected chi connectivity index (χ1v) is 6.81. The van der Waals surface area contributed by atoms with Gasteiger partial charge in [-0.3, -0.25) is 4.98 Å². The minimum absolute atomic E-state index is 0.415. The van der Waals surface area contributed by atoms with Crippen molar-refractivity contribution in [3.63, 3.8) is 0 Å². The van der Waals surface area contributed by atoms with Crippen LogP contribution < -0.4 is 10.6 Å². The van der Waals surface area contributed by atoms with E-state index in [2.05, 4.69) is 42.2 Å². The normalized spacial score (nSPS) is 10.5. The fraction of sp³-hybridized carbons (Fsp3) is 0.273. The van der Waals surface area contributed by atoms with Gasteiger partial charge in [-0.05, 0) is 32.9 Å². The Morgan fingerprint density at radius 3 is 2.94 bits per heavy atom. The number of nitrogens with zero attached hydrogens (tertiary/aromatic N) is 3. The molecule has 0 bridgehead atoms. The molecule has 0 amide bonds. The van der Waals surface area contributed by atoms with Crippen molar-refractivity contribution in [3.8, 4) is 0 Å². The molecular weight excluding hydrogens is 300 g/mol. The van der Waals surface area contributed by atoms with Gasteiger partial charge in [-0.1, -0.05) is 0 Å². The standard InChI is InChI=1S/C11H13BrN4S/c1-16(6-8-2-10(12)17-7-8)11-5-14-4-9(3-13)15-11/h2,4-5,7H,3,6,13H2,1H3. The van der Waals surface area contributed by atoms with Gasteiger partial charge in [0.2, 0.25) is 0 Å². The van der Waals surface area contributed by atoms with Crippen LogP contribution in [-0.2, 0) is 13.1 Å². The maximum atomic E-state index is 5.55. The third kappa shape index (κ3) is 3.24. The summed E-state index contributed by atoms with van der Waals surface area (Å²) in [7, 11) is 2.00. The molecule has 6 heteroatoms. The number of rotatable bonds is 4. The van der Waals surface area contributed by atoms with E-state index in [9.17, 15) is 0 Å². The van der Waals surface area contributed by atoms with Gasteiger partial charge in [0.25, 0.3) is 0 Å². The molecular formula is C11H13BrN4S. The molecule has 0 aromatic carbocycles. The van der Waals surface area contributed by atoms with Gasteiger partial charge in [-0.2, -0.15) is 0 Å². The summed E-state index contributed by atoms with van der Waals surface area (Å²) in [5.41, 5.74) is 7.61. The average molecular weight is 313 g/mol. The van der Waals surface area contributed by atoms with Gasteiger partial charge >= 0.3 is 0 Å². The quantitative estimate of drug-likeness (QED) is 0.942. The lowest BCUT2D eigenvalue weighted by molar-refractivity contribution is 0.867. The minimum atomic E-state index is 0.415. The molecule has 0 spiro atoms. The number of aromatic nitrogens is 2. The summed E-state index contributed by atoms with van der Waals surface area (Å²) in [6, 6.07) is 2.11. The van der Waals surface area contributed by atoms with E-state index in [1.165, 1.54) is 5.56 Å². The summed E-state index contributed by atoms with van der Waals surface area (Å²) in [4.78, 5) is 10.6. The second-order valence-corrected chi connectivity index (χ2v) is 5.98. The van der Waals surface area contributed by atoms with Gasteiger partial charge in [-0.25, -0.2) is 4.98 Å². The van der Waals surface area contributed by atoms with Crippen molar-refractivity contribution in [3.05, 3.63) is 38.9 Å². The Balaban J connectivity index is 2.11. The van der Waals surface area contributed by atoms with E-state index in [0.717, 1.165) is 21.8 Å². The first-order chi connectivity index (χ1) is 8.19. The van der Waals surface area contributed by atoms with Crippen LogP contribution >= 0.6 is 27.3 Å². The first-order valence-electron chi connectivity index (χ1n) is 5.14. The minimum Gasteiger partial charge on any atom is -0.354 e. The third-order valence-electron chi connectivity index (χ3n) is 2.31. The molecule has 2 N–H and O–H groups in total. The number of hydrogen-bond acceptors (Lipinski definition) is 5. The van der Waals surface area contributed by atoms with Crippen molar-refractivity contribution in [1.82, 2.24) is 9.97 Å². The van der Waals surface area contributed by atoms with Crippen LogP contribution in [0, 0.1) is 0 Å². The first kappa shape index (κ1) is 12.5. The highest BCUT2D eigenvalue weighted by Crippen LogP contribution is 2.22. The molecule has 0 saturated heterocycles. The highest BCUT2D eigenvalue weighted by Gasteiger charge is 2.06. The van der Waals surface area contributed by atoms with E-state index in [-0.39, 0.29) is 0 Å². The number of nitrogens with two attached hydrogens (primary N) is 1. The van der Waals surface area contributed by atoms with E-state index in [0.29, 0.717) is 6.54 Å². The summed E-state index contributed by atoms with van der Waals surface area (Å²) < 4.78 is 1.14. The van der Waals surface area contributed by atoms with Gasteiger partial charge < -0.3 is 10.6 Å². The summed E-state index contributed by atoms with van der Waals surface area (Å²) in [5, 5.41) is 2.13. The van der Waals surface area contributed by atoms with Gasteiger partial charge in [0.1, 0.15) is 5.82 Å². The van der Waals surface area contributed by atoms with E-state index in [1.807, 2.05) is 7.05 Å². The van der Waals surface area contributed by atoms with Gasteiger partial charge in [0.15, 0.2) is 0 Å². The largest absolute Gasteiger partial charge is 0.354 e. The van der Waals surface area contributed by atoms with Crippen LogP contribution in [0.2, 0.25) is 0 Å². The third-order valence-corrected chi connectivity index (χ3v) is 3.87. The molecule has 0 atom stereocenters. The molecule has 0 radical (unpaired) electrons. The zero-order chi connectivity index (χ0) is 12.3. The molecule has 0 aliphatic heterocycles. The summed E-state index contributed by atoms with van der Waals surface area (Å²) in [6.45, 7) is 1.23. The van der Waals surface area contributed by atoms with E-state index in [4.69, 9.17) is 5.73 Å². The number of thiophene rings is 1. The Morgan fingerprint density at radius 1 is 1.47 bits per heavy atom. The zero-order valence-electron chi connectivity index (χ0n) is 9.43. The lowest BCUT2D eigenvalue weighted by atomic mass is 10.3. The van der Waals surface area contributed by atoms with Crippen LogP contribution in [0.1, 0.15) is 11.3 Å². The van der Waals surface area contributed by atoms with Gasteiger partial charge in [0, 0.05) is 26.3 Å². The molecule has 2 heterocycles. The maximum absolute atomic E-state index is 5.55. The Hall–Kier alpha value is -0.980. The van der Waals surface area contributed by atoms with Crippen molar-refractivity contribution >= 4 is 33.1 Å². The topological polar surface area (TPSA) is 55.0 Å². The predicted molar refractivity (Wildman–Crippen MR) is 74.0 cm³/mol. The van der Waals surface area contributed by atoms with Crippen LogP contribution in [0.4, 0.5) is 5.82 Å². The second-order valence-electron chi connectivity index (χ2n) is 3.69. The summed E-state index contributed by atoms with van der Waals surface area (Å²) in [5.74, 6) is 0.843. The second kappa shape index (κ2) is 5.57. The van der Waals surface area contributed by atoms with Crippen LogP contribution in [-0.4, -0.2) is 17.0 Å². The zero-order valence-corrected chi connectivity index (χ0v) is 11.8. The number of halogens is 1. The number of anilines is 1. The van der Waals surface area contributed by atoms with Gasteiger partial charge in [0.05, 0.1) is 15.7 Å². The highest BCUT2D eigenvalue weighted by atomic mass is 79.9. The smallest absolute Gasteiger partial charge is 0.147 e. The Morgan fingerprint density at radius 2 is 2.29 bits per heavy atom. The van der Waals surface area contributed by atoms with Crippen LogP contribution in [0.15, 0.2) is 27.6 Å². The Bertz CT molecular complexity index is 500. The molecule has 0 unspecified atom stereocenters. The predicted octanol–water partition coefficient (Wildman–Crippen LogP) is 2.40. The lowest BCUT2D eigenvalue weighted by Crippen LogP contribution is -2.18. The van der Waals surface area contributed by atoms with Crippen molar-refractivity contribution in [2.24, 2.45) is 5.73 Å². The molecule has 4 nitrogen and oxygen atoms in total. The van der Waals surface area contributed by atoms with Crippen molar-refractivity contribution in [2.75, 3.05) is 11.9 Å². The van der Waals surface area contributed by atoms with Crippen LogP contribution in [0.3, 0.4) is 0 Å². The number of hydrogen-bond donors (Lipinski definition) is 1. The molecule has 17 heavy (non-hydrogen) atoms. The molecule has 90 valence electrons. The van der Waals surface area contributed by atoms with E-state index in [1.54, 1.807) is 23.7 Å². The molecule has 2 rings (SSSR count). The maximum Gasteiger partial charge on any atom is 0.147 e. The molecule has 0 aliphatic carbocycles. The van der Waals surface area contributed by atoms with E-state index >= 15 is 0 Å². The van der Waals surface area contributed by atoms with Crippen molar-refractivity contribution in [2.45, 2.75) is 13.1 Å². The molecule has 2 aromatic rings. The molecule has 2 aromatic heterocycles. The summed E-state index contributed by atoms with van der Waals surface area (Å²) >= 11 is 5.14. The monoisotopic (exact) mass is 312 g/mol. The Kier molecular flexibility index (Phi) is 4.09. The van der Waals surface area contributed by atoms with Crippen LogP contribution in [0.5, 0.6) is 0 Å². The van der Waals surface area contributed by atoms with Crippen molar-refractivity contribution in [1.29, 1.82) is 0 Å². The fourth-order valence-electron chi connectivity index (χ4n) is 1.46. The van der Waals surface area contributed by atoms with Gasteiger partial charge in [-0.15, -0.1) is 11.3 Å². The van der Waals surface area contributed by atoms with E-state index < -0.39 is 0 Å². The molecule has 0 saturated carbocycles. The molecule has 0 fully saturated rings. The van der Waals surface area contributed by atoms with Crippen molar-refractivity contribution < 1.29 is 0 Å². The van der Waals surface area contributed by atoms with Crippen LogP contribution in [0.25, 0.3) is 0 Å².